The number of hydrogen-bond acceptors (Lipinski definition) is 3. The first-order chi connectivity index (χ1) is 10.3. The predicted molar refractivity (Wildman–Crippen MR) is 79.0 cm³/mol. The van der Waals surface area contributed by atoms with E-state index in [1.807, 2.05) is 12.1 Å². The highest BCUT2D eigenvalue weighted by Gasteiger charge is 2.17. The number of hydrogen-bond donors (Lipinski definition) is 2. The summed E-state index contributed by atoms with van der Waals surface area (Å²) in [5.41, 5.74) is 3.70. The number of rotatable bonds is 6. The summed E-state index contributed by atoms with van der Waals surface area (Å²) < 4.78 is 5.23. The molecular formula is C16H21N3O2. The maximum absolute atomic E-state index is 11.9. The maximum Gasteiger partial charge on any atom is 0.220 e. The summed E-state index contributed by atoms with van der Waals surface area (Å²) in [6, 6.07) is 3.78. The van der Waals surface area contributed by atoms with Gasteiger partial charge in [-0.05, 0) is 43.4 Å². The fourth-order valence-corrected chi connectivity index (χ4v) is 2.86. The van der Waals surface area contributed by atoms with Crippen molar-refractivity contribution in [2.45, 2.75) is 44.9 Å². The minimum absolute atomic E-state index is 0.0779. The molecule has 0 spiro atoms. The Morgan fingerprint density at radius 3 is 3.10 bits per heavy atom. The van der Waals surface area contributed by atoms with Gasteiger partial charge in [0.1, 0.15) is 5.76 Å². The van der Waals surface area contributed by atoms with Crippen LogP contribution in [0.2, 0.25) is 0 Å². The molecule has 1 amide bonds. The van der Waals surface area contributed by atoms with Crippen molar-refractivity contribution >= 4 is 5.91 Å². The van der Waals surface area contributed by atoms with Crippen molar-refractivity contribution in [1.29, 1.82) is 0 Å². The normalized spacial score (nSPS) is 13.9. The Labute approximate surface area is 124 Å². The van der Waals surface area contributed by atoms with Crippen LogP contribution in [0.1, 0.15) is 42.0 Å². The van der Waals surface area contributed by atoms with Gasteiger partial charge in [-0.25, -0.2) is 0 Å². The molecule has 0 saturated heterocycles. The molecule has 2 heterocycles. The number of aromatic amines is 1. The molecule has 2 aromatic rings. The van der Waals surface area contributed by atoms with Crippen LogP contribution in [0.4, 0.5) is 0 Å². The average Bonchev–Trinajstić information content (AvgIpc) is 3.14. The van der Waals surface area contributed by atoms with Gasteiger partial charge >= 0.3 is 0 Å². The summed E-state index contributed by atoms with van der Waals surface area (Å²) >= 11 is 0. The van der Waals surface area contributed by atoms with Crippen molar-refractivity contribution in [3.05, 3.63) is 41.1 Å². The average molecular weight is 287 g/mol. The zero-order valence-corrected chi connectivity index (χ0v) is 12.2. The Hall–Kier alpha value is -2.04. The van der Waals surface area contributed by atoms with Gasteiger partial charge in [-0.3, -0.25) is 9.89 Å². The molecule has 21 heavy (non-hydrogen) atoms. The van der Waals surface area contributed by atoms with Gasteiger partial charge < -0.3 is 9.73 Å². The molecule has 0 bridgehead atoms. The highest BCUT2D eigenvalue weighted by atomic mass is 16.3. The van der Waals surface area contributed by atoms with E-state index >= 15 is 0 Å². The standard InChI is InChI=1S/C16H21N3O2/c20-16(17-10-9-12-4-3-11-21-12)8-7-15-13-5-1-2-6-14(13)18-19-15/h3-4,11H,1-2,5-10H2,(H,17,20)(H,18,19). The fraction of sp³-hybridized carbons (Fsp3) is 0.500. The van der Waals surface area contributed by atoms with Crippen molar-refractivity contribution in [2.24, 2.45) is 0 Å². The van der Waals surface area contributed by atoms with E-state index in [-0.39, 0.29) is 5.91 Å². The second-order valence-corrected chi connectivity index (χ2v) is 5.51. The largest absolute Gasteiger partial charge is 0.469 e. The maximum atomic E-state index is 11.9. The van der Waals surface area contributed by atoms with Gasteiger partial charge in [0.25, 0.3) is 0 Å². The second-order valence-electron chi connectivity index (χ2n) is 5.51. The van der Waals surface area contributed by atoms with Crippen LogP contribution in [-0.4, -0.2) is 22.6 Å². The Morgan fingerprint density at radius 1 is 1.33 bits per heavy atom. The van der Waals surface area contributed by atoms with Gasteiger partial charge in [-0.1, -0.05) is 0 Å². The molecule has 2 aromatic heterocycles. The third kappa shape index (κ3) is 3.54. The molecule has 5 heteroatoms. The van der Waals surface area contributed by atoms with E-state index in [0.717, 1.165) is 37.1 Å². The smallest absolute Gasteiger partial charge is 0.220 e. The number of H-pyrrole nitrogens is 1. The van der Waals surface area contributed by atoms with Gasteiger partial charge in [-0.2, -0.15) is 5.10 Å². The van der Waals surface area contributed by atoms with Crippen LogP contribution in [0, 0.1) is 0 Å². The Balaban J connectivity index is 1.42. The third-order valence-electron chi connectivity index (χ3n) is 4.00. The van der Waals surface area contributed by atoms with Gasteiger partial charge in [0.15, 0.2) is 0 Å². The molecule has 0 atom stereocenters. The highest BCUT2D eigenvalue weighted by molar-refractivity contribution is 5.76. The lowest BCUT2D eigenvalue weighted by atomic mass is 9.94. The van der Waals surface area contributed by atoms with Crippen molar-refractivity contribution in [3.8, 4) is 0 Å². The number of nitrogens with one attached hydrogen (secondary N) is 2. The molecule has 0 aromatic carbocycles. The number of nitrogens with zero attached hydrogens (tertiary/aromatic N) is 1. The molecule has 112 valence electrons. The number of carbonyl (C=O) groups is 1. The summed E-state index contributed by atoms with van der Waals surface area (Å²) in [5, 5.41) is 10.4. The van der Waals surface area contributed by atoms with Crippen LogP contribution >= 0.6 is 0 Å². The van der Waals surface area contributed by atoms with Crippen LogP contribution in [0.15, 0.2) is 22.8 Å². The SMILES string of the molecule is O=C(CCc1n[nH]c2c1CCCC2)NCCc1ccco1. The van der Waals surface area contributed by atoms with Crippen molar-refractivity contribution in [1.82, 2.24) is 15.5 Å². The summed E-state index contributed by atoms with van der Waals surface area (Å²) in [6.45, 7) is 0.616. The van der Waals surface area contributed by atoms with Crippen molar-refractivity contribution in [2.75, 3.05) is 6.54 Å². The molecule has 1 aliphatic rings. The van der Waals surface area contributed by atoms with Gasteiger partial charge in [0.2, 0.25) is 5.91 Å². The van der Waals surface area contributed by atoms with Crippen molar-refractivity contribution < 1.29 is 9.21 Å². The molecule has 1 aliphatic carbocycles. The number of aryl methyl sites for hydroxylation is 2. The first-order valence-electron chi connectivity index (χ1n) is 7.67. The minimum Gasteiger partial charge on any atom is -0.469 e. The zero-order valence-electron chi connectivity index (χ0n) is 12.2. The molecule has 3 rings (SSSR count). The highest BCUT2D eigenvalue weighted by Crippen LogP contribution is 2.22. The molecular weight excluding hydrogens is 266 g/mol. The Morgan fingerprint density at radius 2 is 2.24 bits per heavy atom. The van der Waals surface area contributed by atoms with Crippen LogP contribution in [0.5, 0.6) is 0 Å². The molecule has 0 saturated carbocycles. The van der Waals surface area contributed by atoms with Crippen LogP contribution in [-0.2, 0) is 30.5 Å². The lowest BCUT2D eigenvalue weighted by molar-refractivity contribution is -0.121. The molecule has 0 aliphatic heterocycles. The molecule has 0 fully saturated rings. The summed E-state index contributed by atoms with van der Waals surface area (Å²) in [4.78, 5) is 11.9. The van der Waals surface area contributed by atoms with Gasteiger partial charge in [0.05, 0.1) is 12.0 Å². The summed E-state index contributed by atoms with van der Waals surface area (Å²) in [5.74, 6) is 0.978. The molecule has 0 radical (unpaired) electrons. The molecule has 5 nitrogen and oxygen atoms in total. The lowest BCUT2D eigenvalue weighted by Gasteiger charge is -2.11. The van der Waals surface area contributed by atoms with Crippen LogP contribution < -0.4 is 5.32 Å². The van der Waals surface area contributed by atoms with Gasteiger partial charge in [0, 0.05) is 31.5 Å². The van der Waals surface area contributed by atoms with Crippen molar-refractivity contribution in [3.63, 3.8) is 0 Å². The zero-order chi connectivity index (χ0) is 14.5. The fourth-order valence-electron chi connectivity index (χ4n) is 2.86. The van der Waals surface area contributed by atoms with E-state index in [9.17, 15) is 4.79 Å². The topological polar surface area (TPSA) is 70.9 Å². The third-order valence-corrected chi connectivity index (χ3v) is 4.00. The van der Waals surface area contributed by atoms with E-state index < -0.39 is 0 Å². The van der Waals surface area contributed by atoms with Crippen LogP contribution in [0.3, 0.4) is 0 Å². The minimum atomic E-state index is 0.0779. The van der Waals surface area contributed by atoms with Gasteiger partial charge in [-0.15, -0.1) is 0 Å². The predicted octanol–water partition coefficient (Wildman–Crippen LogP) is 2.17. The first-order valence-corrected chi connectivity index (χ1v) is 7.67. The molecule has 2 N–H and O–H groups in total. The quantitative estimate of drug-likeness (QED) is 0.855. The Kier molecular flexibility index (Phi) is 4.38. The second kappa shape index (κ2) is 6.61. The summed E-state index contributed by atoms with van der Waals surface area (Å²) in [6.07, 6.45) is 8.26. The lowest BCUT2D eigenvalue weighted by Crippen LogP contribution is -2.25. The van der Waals surface area contributed by atoms with E-state index in [1.165, 1.54) is 24.1 Å². The Bertz CT molecular complexity index is 587. The van der Waals surface area contributed by atoms with E-state index in [2.05, 4.69) is 15.5 Å². The van der Waals surface area contributed by atoms with E-state index in [0.29, 0.717) is 13.0 Å². The number of amides is 1. The number of furan rings is 1. The van der Waals surface area contributed by atoms with E-state index in [1.54, 1.807) is 6.26 Å². The molecule has 0 unspecified atom stereocenters. The number of aromatic nitrogens is 2. The number of carbonyl (C=O) groups excluding carboxylic acids is 1. The monoisotopic (exact) mass is 287 g/mol. The summed E-state index contributed by atoms with van der Waals surface area (Å²) in [7, 11) is 0. The van der Waals surface area contributed by atoms with Crippen LogP contribution in [0.25, 0.3) is 0 Å². The van der Waals surface area contributed by atoms with E-state index in [4.69, 9.17) is 4.42 Å². The number of fused-ring (bicyclic) bond motifs is 1. The first kappa shape index (κ1) is 13.9.